The third kappa shape index (κ3) is 2.62. The summed E-state index contributed by atoms with van der Waals surface area (Å²) in [7, 11) is 1.89. The van der Waals surface area contributed by atoms with Crippen LogP contribution < -0.4 is 10.6 Å². The minimum absolute atomic E-state index is 0.140. The van der Waals surface area contributed by atoms with E-state index in [9.17, 15) is 4.39 Å². The van der Waals surface area contributed by atoms with E-state index < -0.39 is 0 Å². The van der Waals surface area contributed by atoms with Gasteiger partial charge in [0.1, 0.15) is 17.2 Å². The van der Waals surface area contributed by atoms with Crippen molar-refractivity contribution in [3.8, 4) is 0 Å². The number of halogens is 1. The Morgan fingerprint density at radius 2 is 1.95 bits per heavy atom. The Labute approximate surface area is 122 Å². The predicted octanol–water partition coefficient (Wildman–Crippen LogP) is 3.71. The number of fused-ring (bicyclic) bond motifs is 1. The summed E-state index contributed by atoms with van der Waals surface area (Å²) < 4.78 is 19.3. The Balaban J connectivity index is 1.97. The van der Waals surface area contributed by atoms with E-state index in [0.29, 0.717) is 6.54 Å². The monoisotopic (exact) mass is 284 g/mol. The molecule has 0 amide bonds. The second-order valence-electron chi connectivity index (χ2n) is 5.03. The minimum atomic E-state index is -0.264. The molecule has 0 spiro atoms. The fraction of sp³-hybridized carbons (Fsp3) is 0.176. The van der Waals surface area contributed by atoms with Gasteiger partial charge in [-0.25, -0.2) is 4.39 Å². The zero-order valence-corrected chi connectivity index (χ0v) is 11.8. The first-order valence-electron chi connectivity index (χ1n) is 6.86. The summed E-state index contributed by atoms with van der Waals surface area (Å²) in [6.45, 7) is 0.382. The van der Waals surface area contributed by atoms with Gasteiger partial charge in [-0.2, -0.15) is 0 Å². The lowest BCUT2D eigenvalue weighted by atomic mass is 10.1. The highest BCUT2D eigenvalue weighted by Gasteiger charge is 2.20. The highest BCUT2D eigenvalue weighted by atomic mass is 19.1. The molecule has 3 nitrogen and oxygen atoms in total. The number of anilines is 1. The third-order valence-electron chi connectivity index (χ3n) is 3.68. The summed E-state index contributed by atoms with van der Waals surface area (Å²) in [5.74, 6) is 0.519. The van der Waals surface area contributed by atoms with Crippen LogP contribution in [0.15, 0.2) is 59.0 Å². The Morgan fingerprint density at radius 1 is 1.14 bits per heavy atom. The number of rotatable bonds is 4. The van der Waals surface area contributed by atoms with Crippen LogP contribution in [0.3, 0.4) is 0 Å². The highest BCUT2D eigenvalue weighted by molar-refractivity contribution is 5.78. The molecule has 0 saturated carbocycles. The molecule has 0 bridgehead atoms. The van der Waals surface area contributed by atoms with Crippen LogP contribution in [0.2, 0.25) is 0 Å². The molecule has 1 heterocycles. The van der Waals surface area contributed by atoms with Crippen molar-refractivity contribution in [1.29, 1.82) is 0 Å². The van der Waals surface area contributed by atoms with Crippen LogP contribution in [0, 0.1) is 5.82 Å². The maximum Gasteiger partial charge on any atom is 0.134 e. The molecule has 108 valence electrons. The SMILES string of the molecule is CN(c1cccc(F)c1)C(CN)c1cc2ccccc2o1. The van der Waals surface area contributed by atoms with Gasteiger partial charge in [-0.3, -0.25) is 0 Å². The molecule has 0 saturated heterocycles. The van der Waals surface area contributed by atoms with Crippen LogP contribution >= 0.6 is 0 Å². The predicted molar refractivity (Wildman–Crippen MR) is 82.8 cm³/mol. The number of hydrogen-bond acceptors (Lipinski definition) is 3. The highest BCUT2D eigenvalue weighted by Crippen LogP contribution is 2.29. The van der Waals surface area contributed by atoms with Crippen LogP contribution in [0.4, 0.5) is 10.1 Å². The van der Waals surface area contributed by atoms with E-state index in [1.807, 2.05) is 48.3 Å². The Bertz CT molecular complexity index is 720. The normalized spacial score (nSPS) is 12.5. The number of para-hydroxylation sites is 1. The van der Waals surface area contributed by atoms with Crippen LogP contribution in [-0.2, 0) is 0 Å². The molecule has 0 aliphatic heterocycles. The maximum absolute atomic E-state index is 13.4. The second kappa shape index (κ2) is 5.58. The van der Waals surface area contributed by atoms with E-state index in [2.05, 4.69) is 0 Å². The molecule has 0 aliphatic rings. The van der Waals surface area contributed by atoms with E-state index in [4.69, 9.17) is 10.2 Å². The smallest absolute Gasteiger partial charge is 0.134 e. The van der Waals surface area contributed by atoms with E-state index in [1.165, 1.54) is 12.1 Å². The fourth-order valence-corrected chi connectivity index (χ4v) is 2.51. The standard InChI is InChI=1S/C17H17FN2O/c1-20(14-7-4-6-13(18)10-14)15(11-19)17-9-12-5-2-3-8-16(12)21-17/h2-10,15H,11,19H2,1H3. The summed E-state index contributed by atoms with van der Waals surface area (Å²) in [4.78, 5) is 1.93. The van der Waals surface area contributed by atoms with Crippen LogP contribution in [0.1, 0.15) is 11.8 Å². The first kappa shape index (κ1) is 13.6. The van der Waals surface area contributed by atoms with Gasteiger partial charge in [-0.05, 0) is 30.3 Å². The summed E-state index contributed by atoms with van der Waals surface area (Å²) in [5.41, 5.74) is 7.51. The first-order valence-corrected chi connectivity index (χ1v) is 6.86. The van der Waals surface area contributed by atoms with Crippen molar-refractivity contribution < 1.29 is 8.81 Å². The molecule has 2 aromatic carbocycles. The molecule has 2 N–H and O–H groups in total. The van der Waals surface area contributed by atoms with Crippen molar-refractivity contribution in [2.75, 3.05) is 18.5 Å². The summed E-state index contributed by atoms with van der Waals surface area (Å²) in [5, 5.41) is 1.04. The summed E-state index contributed by atoms with van der Waals surface area (Å²) >= 11 is 0. The molecule has 0 fully saturated rings. The van der Waals surface area contributed by atoms with Crippen molar-refractivity contribution in [2.45, 2.75) is 6.04 Å². The molecule has 0 radical (unpaired) electrons. The van der Waals surface area contributed by atoms with E-state index in [1.54, 1.807) is 6.07 Å². The molecule has 0 aliphatic carbocycles. The summed E-state index contributed by atoms with van der Waals surface area (Å²) in [6.07, 6.45) is 0. The zero-order chi connectivity index (χ0) is 14.8. The number of nitrogens with two attached hydrogens (primary N) is 1. The van der Waals surface area contributed by atoms with Gasteiger partial charge in [-0.15, -0.1) is 0 Å². The lowest BCUT2D eigenvalue weighted by molar-refractivity contribution is 0.487. The van der Waals surface area contributed by atoms with Gasteiger partial charge in [0.2, 0.25) is 0 Å². The number of benzene rings is 2. The quantitative estimate of drug-likeness (QED) is 0.794. The summed E-state index contributed by atoms with van der Waals surface area (Å²) in [6, 6.07) is 16.1. The zero-order valence-electron chi connectivity index (χ0n) is 11.8. The van der Waals surface area contributed by atoms with Gasteiger partial charge in [0.25, 0.3) is 0 Å². The van der Waals surface area contributed by atoms with Gasteiger partial charge in [-0.1, -0.05) is 24.3 Å². The van der Waals surface area contributed by atoms with Gasteiger partial charge < -0.3 is 15.1 Å². The van der Waals surface area contributed by atoms with E-state index in [0.717, 1.165) is 22.4 Å². The topological polar surface area (TPSA) is 42.4 Å². The molecule has 3 aromatic rings. The minimum Gasteiger partial charge on any atom is -0.459 e. The van der Waals surface area contributed by atoms with Gasteiger partial charge in [0.15, 0.2) is 0 Å². The Kier molecular flexibility index (Phi) is 3.62. The van der Waals surface area contributed by atoms with Gasteiger partial charge in [0, 0.05) is 24.7 Å². The maximum atomic E-state index is 13.4. The van der Waals surface area contributed by atoms with Crippen LogP contribution in [-0.4, -0.2) is 13.6 Å². The Hall–Kier alpha value is -2.33. The van der Waals surface area contributed by atoms with Crippen molar-refractivity contribution >= 4 is 16.7 Å². The molecule has 21 heavy (non-hydrogen) atoms. The fourth-order valence-electron chi connectivity index (χ4n) is 2.51. The van der Waals surface area contributed by atoms with Crippen LogP contribution in [0.25, 0.3) is 11.0 Å². The molecular weight excluding hydrogens is 267 g/mol. The number of nitrogens with zero attached hydrogens (tertiary/aromatic N) is 1. The van der Waals surface area contributed by atoms with Crippen molar-refractivity contribution in [3.63, 3.8) is 0 Å². The largest absolute Gasteiger partial charge is 0.459 e. The second-order valence-corrected chi connectivity index (χ2v) is 5.03. The number of hydrogen-bond donors (Lipinski definition) is 1. The van der Waals surface area contributed by atoms with Crippen LogP contribution in [0.5, 0.6) is 0 Å². The molecule has 1 aromatic heterocycles. The van der Waals surface area contributed by atoms with Crippen molar-refractivity contribution in [3.05, 3.63) is 66.2 Å². The lowest BCUT2D eigenvalue weighted by Crippen LogP contribution is -2.30. The van der Waals surface area contributed by atoms with Crippen molar-refractivity contribution in [1.82, 2.24) is 0 Å². The van der Waals surface area contributed by atoms with E-state index >= 15 is 0 Å². The van der Waals surface area contributed by atoms with Crippen molar-refractivity contribution in [2.24, 2.45) is 5.73 Å². The van der Waals surface area contributed by atoms with E-state index in [-0.39, 0.29) is 11.9 Å². The lowest BCUT2D eigenvalue weighted by Gasteiger charge is -2.27. The third-order valence-corrected chi connectivity index (χ3v) is 3.68. The molecule has 1 unspecified atom stereocenters. The molecular formula is C17H17FN2O. The number of likely N-dealkylation sites (N-methyl/N-ethyl adjacent to an activating group) is 1. The first-order chi connectivity index (χ1) is 10.2. The molecule has 4 heteroatoms. The van der Waals surface area contributed by atoms with Gasteiger partial charge in [0.05, 0.1) is 6.04 Å². The average Bonchev–Trinajstić information content (AvgIpc) is 2.91. The van der Waals surface area contributed by atoms with Gasteiger partial charge >= 0.3 is 0 Å². The molecule has 1 atom stereocenters. The molecule has 3 rings (SSSR count). The Morgan fingerprint density at radius 3 is 2.67 bits per heavy atom. The average molecular weight is 284 g/mol. The number of furan rings is 1.